The van der Waals surface area contributed by atoms with Gasteiger partial charge in [0.25, 0.3) is 0 Å². The van der Waals surface area contributed by atoms with Gasteiger partial charge in [0, 0.05) is 23.8 Å². The van der Waals surface area contributed by atoms with E-state index in [-0.39, 0.29) is 0 Å². The third-order valence-electron chi connectivity index (χ3n) is 3.06. The first-order valence-electron chi connectivity index (χ1n) is 6.02. The average Bonchev–Trinajstić information content (AvgIpc) is 2.46. The van der Waals surface area contributed by atoms with Crippen LogP contribution in [0, 0.1) is 0 Å². The summed E-state index contributed by atoms with van der Waals surface area (Å²) >= 11 is 3.49. The topological polar surface area (TPSA) is 38.5 Å². The van der Waals surface area contributed by atoms with Gasteiger partial charge in [0.2, 0.25) is 0 Å². The summed E-state index contributed by atoms with van der Waals surface area (Å²) in [7, 11) is 3.69. The molecule has 2 N–H and O–H groups in total. The summed E-state index contributed by atoms with van der Waals surface area (Å²) in [6.07, 6.45) is 0. The second-order valence-electron chi connectivity index (χ2n) is 4.25. The molecule has 0 radical (unpaired) electrons. The van der Waals surface area contributed by atoms with Crippen molar-refractivity contribution in [2.45, 2.75) is 6.54 Å². The molecule has 0 unspecified atom stereocenters. The molecule has 0 fully saturated rings. The smallest absolute Gasteiger partial charge is 0.142 e. The zero-order valence-corrected chi connectivity index (χ0v) is 12.6. The monoisotopic (exact) mass is 320 g/mol. The molecular formula is C15H17BrN2O. The normalized spacial score (nSPS) is 10.3. The van der Waals surface area contributed by atoms with Gasteiger partial charge in [-0.25, -0.2) is 0 Å². The van der Waals surface area contributed by atoms with Crippen molar-refractivity contribution in [1.29, 1.82) is 0 Å². The molecule has 0 aliphatic carbocycles. The second-order valence-corrected chi connectivity index (χ2v) is 5.16. The molecule has 0 aliphatic heterocycles. The van der Waals surface area contributed by atoms with E-state index >= 15 is 0 Å². The lowest BCUT2D eigenvalue weighted by atomic mass is 10.2. The lowest BCUT2D eigenvalue weighted by Crippen LogP contribution is -2.11. The highest BCUT2D eigenvalue weighted by atomic mass is 79.9. The van der Waals surface area contributed by atoms with Crippen molar-refractivity contribution < 1.29 is 4.74 Å². The number of hydrogen-bond acceptors (Lipinski definition) is 3. The molecule has 0 heterocycles. The summed E-state index contributed by atoms with van der Waals surface area (Å²) in [5.74, 6) is 0.841. The Hall–Kier alpha value is -1.52. The van der Waals surface area contributed by atoms with Crippen LogP contribution in [0.3, 0.4) is 0 Å². The van der Waals surface area contributed by atoms with Crippen LogP contribution < -0.4 is 15.4 Å². The molecule has 2 aromatic rings. The molecule has 4 heteroatoms. The lowest BCUT2D eigenvalue weighted by Gasteiger charge is -2.22. The molecule has 0 aliphatic rings. The molecule has 19 heavy (non-hydrogen) atoms. The van der Waals surface area contributed by atoms with E-state index in [0.29, 0.717) is 6.54 Å². The Bertz CT molecular complexity index is 555. The van der Waals surface area contributed by atoms with E-state index in [1.54, 1.807) is 7.11 Å². The number of halogens is 1. The number of hydrogen-bond donors (Lipinski definition) is 1. The van der Waals surface area contributed by atoms with Gasteiger partial charge in [-0.2, -0.15) is 0 Å². The average molecular weight is 321 g/mol. The minimum Gasteiger partial charge on any atom is -0.495 e. The summed E-state index contributed by atoms with van der Waals surface area (Å²) < 4.78 is 6.43. The first-order valence-corrected chi connectivity index (χ1v) is 6.81. The van der Waals surface area contributed by atoms with Crippen LogP contribution in [0.25, 0.3) is 0 Å². The van der Waals surface area contributed by atoms with E-state index in [1.165, 1.54) is 0 Å². The Labute approximate surface area is 122 Å². The molecule has 100 valence electrons. The summed E-state index contributed by atoms with van der Waals surface area (Å²) in [6.45, 7) is 0.560. The van der Waals surface area contributed by atoms with Crippen molar-refractivity contribution in [2.24, 2.45) is 5.73 Å². The number of methoxy groups -OCH3 is 1. The Balaban J connectivity index is 2.36. The first kappa shape index (κ1) is 13.9. The van der Waals surface area contributed by atoms with E-state index < -0.39 is 0 Å². The van der Waals surface area contributed by atoms with E-state index in [1.807, 2.05) is 37.4 Å². The van der Waals surface area contributed by atoms with E-state index in [9.17, 15) is 0 Å². The van der Waals surface area contributed by atoms with Crippen LogP contribution in [0.5, 0.6) is 5.75 Å². The molecule has 2 rings (SSSR count). The Morgan fingerprint density at radius 2 is 1.84 bits per heavy atom. The van der Waals surface area contributed by atoms with Crippen LogP contribution in [0.15, 0.2) is 46.9 Å². The zero-order valence-electron chi connectivity index (χ0n) is 11.1. The largest absolute Gasteiger partial charge is 0.495 e. The van der Waals surface area contributed by atoms with Gasteiger partial charge >= 0.3 is 0 Å². The van der Waals surface area contributed by atoms with Gasteiger partial charge in [0.15, 0.2) is 0 Å². The maximum Gasteiger partial charge on any atom is 0.142 e. The van der Waals surface area contributed by atoms with Gasteiger partial charge in [0.1, 0.15) is 5.75 Å². The molecule has 3 nitrogen and oxygen atoms in total. The van der Waals surface area contributed by atoms with Crippen molar-refractivity contribution in [3.05, 3.63) is 52.5 Å². The highest BCUT2D eigenvalue weighted by Crippen LogP contribution is 2.34. The van der Waals surface area contributed by atoms with Crippen LogP contribution in [-0.2, 0) is 6.54 Å². The van der Waals surface area contributed by atoms with Gasteiger partial charge in [0.05, 0.1) is 12.8 Å². The van der Waals surface area contributed by atoms with Crippen molar-refractivity contribution in [1.82, 2.24) is 0 Å². The van der Waals surface area contributed by atoms with Crippen LogP contribution in [0.2, 0.25) is 0 Å². The van der Waals surface area contributed by atoms with Crippen molar-refractivity contribution in [3.63, 3.8) is 0 Å². The summed E-state index contributed by atoms with van der Waals surface area (Å²) in [6, 6.07) is 14.1. The van der Waals surface area contributed by atoms with Gasteiger partial charge < -0.3 is 15.4 Å². The number of ether oxygens (including phenoxy) is 1. The molecular weight excluding hydrogens is 304 g/mol. The standard InChI is InChI=1S/C15H17BrN2O/c1-18(13-6-3-11(10-17)4-7-13)14-9-12(16)5-8-15(14)19-2/h3-9H,10,17H2,1-2H3. The fourth-order valence-electron chi connectivity index (χ4n) is 1.92. The molecule has 0 aromatic heterocycles. The fourth-order valence-corrected chi connectivity index (χ4v) is 2.27. The maximum absolute atomic E-state index is 5.61. The predicted molar refractivity (Wildman–Crippen MR) is 83.1 cm³/mol. The second kappa shape index (κ2) is 6.08. The molecule has 0 spiro atoms. The zero-order chi connectivity index (χ0) is 13.8. The Morgan fingerprint density at radius 3 is 2.42 bits per heavy atom. The van der Waals surface area contributed by atoms with Crippen LogP contribution in [-0.4, -0.2) is 14.2 Å². The summed E-state index contributed by atoms with van der Waals surface area (Å²) in [5, 5.41) is 0. The molecule has 0 bridgehead atoms. The summed E-state index contributed by atoms with van der Waals surface area (Å²) in [5.41, 5.74) is 8.84. The first-order chi connectivity index (χ1) is 9.15. The van der Waals surface area contributed by atoms with Gasteiger partial charge in [-0.3, -0.25) is 0 Å². The Morgan fingerprint density at radius 1 is 1.16 bits per heavy atom. The van der Waals surface area contributed by atoms with E-state index in [0.717, 1.165) is 27.2 Å². The minimum atomic E-state index is 0.560. The molecule has 2 aromatic carbocycles. The van der Waals surface area contributed by atoms with Crippen molar-refractivity contribution >= 4 is 27.3 Å². The summed E-state index contributed by atoms with van der Waals surface area (Å²) in [4.78, 5) is 2.09. The Kier molecular flexibility index (Phi) is 4.45. The predicted octanol–water partition coefficient (Wildman–Crippen LogP) is 3.68. The highest BCUT2D eigenvalue weighted by Gasteiger charge is 2.10. The number of benzene rings is 2. The molecule has 0 saturated heterocycles. The lowest BCUT2D eigenvalue weighted by molar-refractivity contribution is 0.415. The number of anilines is 2. The van der Waals surface area contributed by atoms with Gasteiger partial charge in [-0.05, 0) is 35.9 Å². The molecule has 0 saturated carbocycles. The SMILES string of the molecule is COc1ccc(Br)cc1N(C)c1ccc(CN)cc1. The third-order valence-corrected chi connectivity index (χ3v) is 3.55. The van der Waals surface area contributed by atoms with Crippen molar-refractivity contribution in [3.8, 4) is 5.75 Å². The molecule has 0 atom stereocenters. The minimum absolute atomic E-state index is 0.560. The molecule has 0 amide bonds. The van der Waals surface area contributed by atoms with Crippen LogP contribution in [0.1, 0.15) is 5.56 Å². The fraction of sp³-hybridized carbons (Fsp3) is 0.200. The quantitative estimate of drug-likeness (QED) is 0.933. The maximum atomic E-state index is 5.61. The van der Waals surface area contributed by atoms with Crippen molar-refractivity contribution in [2.75, 3.05) is 19.1 Å². The van der Waals surface area contributed by atoms with Crippen LogP contribution in [0.4, 0.5) is 11.4 Å². The third kappa shape index (κ3) is 3.08. The highest BCUT2D eigenvalue weighted by molar-refractivity contribution is 9.10. The van der Waals surface area contributed by atoms with E-state index in [2.05, 4.69) is 33.0 Å². The number of nitrogens with two attached hydrogens (primary N) is 1. The number of nitrogens with zero attached hydrogens (tertiary/aromatic N) is 1. The van der Waals surface area contributed by atoms with Crippen LogP contribution >= 0.6 is 15.9 Å². The van der Waals surface area contributed by atoms with E-state index in [4.69, 9.17) is 10.5 Å². The van der Waals surface area contributed by atoms with Gasteiger partial charge in [-0.15, -0.1) is 0 Å². The van der Waals surface area contributed by atoms with Gasteiger partial charge in [-0.1, -0.05) is 28.1 Å². The number of rotatable bonds is 4.